The van der Waals surface area contributed by atoms with Crippen molar-refractivity contribution in [3.63, 3.8) is 0 Å². The van der Waals surface area contributed by atoms with Crippen molar-refractivity contribution in [2.24, 2.45) is 0 Å². The van der Waals surface area contributed by atoms with Crippen molar-refractivity contribution in [3.05, 3.63) is 35.0 Å². The first-order valence-corrected chi connectivity index (χ1v) is 9.80. The average molecular weight is 388 g/mol. The molecule has 0 aliphatic rings. The lowest BCUT2D eigenvalue weighted by atomic mass is 10.1. The number of hydrogen-bond donors (Lipinski definition) is 2. The number of hydrogen-bond acceptors (Lipinski definition) is 6. The zero-order chi connectivity index (χ0) is 19.2. The maximum Gasteiger partial charge on any atom is 0.313 e. The molecule has 2 rings (SSSR count). The van der Waals surface area contributed by atoms with Crippen molar-refractivity contribution < 1.29 is 30.7 Å². The monoisotopic (exact) mass is 388 g/mol. The molecule has 0 aliphatic carbocycles. The van der Waals surface area contributed by atoms with Crippen LogP contribution in [0.1, 0.15) is 26.3 Å². The number of fused-ring (bicyclic) bond motifs is 1. The molecule has 0 amide bonds. The number of nitrogens with zero attached hydrogens (tertiary/aromatic N) is 2. The summed E-state index contributed by atoms with van der Waals surface area (Å²) < 4.78 is 65.7. The van der Waals surface area contributed by atoms with E-state index in [9.17, 15) is 31.1 Å². The Morgan fingerprint density at radius 2 is 1.48 bits per heavy atom. The molecule has 0 atom stereocenters. The Bertz CT molecular complexity index is 1080. The highest BCUT2D eigenvalue weighted by Gasteiger charge is 2.29. The van der Waals surface area contributed by atoms with E-state index in [1.165, 1.54) is 24.3 Å². The average Bonchev–Trinajstić information content (AvgIpc) is 2.43. The fourth-order valence-corrected chi connectivity index (χ4v) is 3.43. The van der Waals surface area contributed by atoms with Crippen molar-refractivity contribution in [1.29, 1.82) is 0 Å². The third kappa shape index (κ3) is 3.95. The molecule has 2 aromatic rings. The minimum atomic E-state index is -4.98. The minimum Gasteiger partial charge on any atom is -0.623 e. The Morgan fingerprint density at radius 3 is 1.92 bits per heavy atom. The highest BCUT2D eigenvalue weighted by atomic mass is 32.2. The van der Waals surface area contributed by atoms with Gasteiger partial charge in [-0.05, 0) is 0 Å². The molecular formula is C14H16N2O7S2. The molecule has 0 spiro atoms. The van der Waals surface area contributed by atoms with E-state index < -0.39 is 35.8 Å². The third-order valence-electron chi connectivity index (χ3n) is 3.28. The first-order chi connectivity index (χ1) is 11.2. The predicted octanol–water partition coefficient (Wildman–Crippen LogP) is 1.46. The van der Waals surface area contributed by atoms with E-state index in [0.717, 1.165) is 6.21 Å². The van der Waals surface area contributed by atoms with Gasteiger partial charge >= 0.3 is 20.2 Å². The molecule has 0 saturated carbocycles. The summed E-state index contributed by atoms with van der Waals surface area (Å²) in [5.41, 5.74) is -1.21. The highest BCUT2D eigenvalue weighted by Crippen LogP contribution is 2.28. The molecular weight excluding hydrogens is 372 g/mol. The zero-order valence-corrected chi connectivity index (χ0v) is 15.2. The van der Waals surface area contributed by atoms with Crippen molar-refractivity contribution in [1.82, 2.24) is 4.98 Å². The van der Waals surface area contributed by atoms with Gasteiger partial charge in [0.1, 0.15) is 0 Å². The van der Waals surface area contributed by atoms with Gasteiger partial charge in [-0.25, -0.2) is 9.72 Å². The third-order valence-corrected chi connectivity index (χ3v) is 4.88. The molecule has 11 heteroatoms. The van der Waals surface area contributed by atoms with Crippen LogP contribution in [0.3, 0.4) is 0 Å². The van der Waals surface area contributed by atoms with Crippen molar-refractivity contribution in [3.8, 4) is 0 Å². The van der Waals surface area contributed by atoms with Gasteiger partial charge in [0.25, 0.3) is 0 Å². The zero-order valence-electron chi connectivity index (χ0n) is 13.5. The number of rotatable bonds is 3. The lowest BCUT2D eigenvalue weighted by molar-refractivity contribution is -0.530. The van der Waals surface area contributed by atoms with Gasteiger partial charge in [0.2, 0.25) is 0 Å². The Kier molecular flexibility index (Phi) is 4.63. The number of pyridine rings is 1. The molecule has 9 nitrogen and oxygen atoms in total. The second kappa shape index (κ2) is 6.02. The van der Waals surface area contributed by atoms with Crippen LogP contribution in [0.4, 0.5) is 0 Å². The summed E-state index contributed by atoms with van der Waals surface area (Å²) in [5, 5.41) is 10.2. The molecule has 0 radical (unpaired) electrons. The molecule has 0 fully saturated rings. The molecule has 136 valence electrons. The predicted molar refractivity (Wildman–Crippen MR) is 89.9 cm³/mol. The quantitative estimate of drug-likeness (QED) is 0.264. The number of hydroxylamine groups is 1. The van der Waals surface area contributed by atoms with E-state index in [1.54, 1.807) is 20.8 Å². The van der Waals surface area contributed by atoms with Gasteiger partial charge in [-0.15, -0.1) is 0 Å². The van der Waals surface area contributed by atoms with Crippen LogP contribution in [0.2, 0.25) is 0 Å². The Hall–Kier alpha value is -2.08. The lowest BCUT2D eigenvalue weighted by Crippen LogP contribution is -2.30. The van der Waals surface area contributed by atoms with Gasteiger partial charge in [0, 0.05) is 31.5 Å². The van der Waals surface area contributed by atoms with Gasteiger partial charge in [-0.1, -0.05) is 24.3 Å². The van der Waals surface area contributed by atoms with Crippen LogP contribution in [-0.2, 0) is 20.2 Å². The van der Waals surface area contributed by atoms with E-state index in [-0.39, 0.29) is 16.3 Å². The van der Waals surface area contributed by atoms with Crippen LogP contribution in [0.15, 0.2) is 34.3 Å². The lowest BCUT2D eigenvalue weighted by Gasteiger charge is -2.19. The second-order valence-corrected chi connectivity index (χ2v) is 8.93. The van der Waals surface area contributed by atoms with Crippen LogP contribution in [-0.4, -0.2) is 47.4 Å². The molecule has 0 unspecified atom stereocenters. The first-order valence-electron chi connectivity index (χ1n) is 6.92. The van der Waals surface area contributed by atoms with Crippen LogP contribution >= 0.6 is 0 Å². The van der Waals surface area contributed by atoms with Gasteiger partial charge in [-0.2, -0.15) is 16.8 Å². The molecule has 0 aliphatic heterocycles. The topological polar surface area (TPSA) is 148 Å². The smallest absolute Gasteiger partial charge is 0.313 e. The molecule has 1 heterocycles. The van der Waals surface area contributed by atoms with E-state index >= 15 is 0 Å². The van der Waals surface area contributed by atoms with E-state index in [0.29, 0.717) is 4.74 Å². The molecule has 0 saturated heterocycles. The summed E-state index contributed by atoms with van der Waals surface area (Å²) in [6.45, 7) is 4.73. The van der Waals surface area contributed by atoms with E-state index in [4.69, 9.17) is 0 Å². The molecule has 1 aromatic carbocycles. The SMILES string of the molecule is CC(C)(C)[N+]([O-])=Cc1c(S(=O)(=O)O)nc(S(=O)(=O)O)c2ccccc12. The Morgan fingerprint density at radius 1 is 1.00 bits per heavy atom. The van der Waals surface area contributed by atoms with Crippen molar-refractivity contribution in [2.45, 2.75) is 36.4 Å². The molecule has 2 N–H and O–H groups in total. The summed E-state index contributed by atoms with van der Waals surface area (Å²) in [6.07, 6.45) is 0.909. The van der Waals surface area contributed by atoms with Gasteiger partial charge in [0.15, 0.2) is 21.8 Å². The largest absolute Gasteiger partial charge is 0.623 e. The first kappa shape index (κ1) is 19.2. The minimum absolute atomic E-state index is 0.0165. The normalized spacial score (nSPS) is 14.0. The summed E-state index contributed by atoms with van der Waals surface area (Å²) in [4.78, 5) is 3.41. The van der Waals surface area contributed by atoms with E-state index in [2.05, 4.69) is 4.98 Å². The number of aromatic nitrogens is 1. The van der Waals surface area contributed by atoms with Crippen LogP contribution in [0.5, 0.6) is 0 Å². The summed E-state index contributed by atoms with van der Waals surface area (Å²) in [6, 6.07) is 5.58. The highest BCUT2D eigenvalue weighted by molar-refractivity contribution is 7.86. The second-order valence-electron chi connectivity index (χ2n) is 6.26. The fraction of sp³-hybridized carbons (Fsp3) is 0.286. The van der Waals surface area contributed by atoms with Crippen molar-refractivity contribution in [2.75, 3.05) is 0 Å². The Labute approximate surface area is 144 Å². The summed E-state index contributed by atoms with van der Waals surface area (Å²) in [5.74, 6) is 0. The fourth-order valence-electron chi connectivity index (χ4n) is 2.06. The summed E-state index contributed by atoms with van der Waals surface area (Å²) in [7, 11) is -9.86. The van der Waals surface area contributed by atoms with E-state index in [1.807, 2.05) is 0 Å². The molecule has 1 aromatic heterocycles. The van der Waals surface area contributed by atoms with Crippen LogP contribution in [0, 0.1) is 5.21 Å². The number of benzene rings is 1. The van der Waals surface area contributed by atoms with Crippen LogP contribution in [0.25, 0.3) is 10.8 Å². The van der Waals surface area contributed by atoms with Gasteiger partial charge in [0.05, 0.1) is 5.56 Å². The maximum absolute atomic E-state index is 12.2. The Balaban J connectivity index is 3.09. The summed E-state index contributed by atoms with van der Waals surface area (Å²) >= 11 is 0. The standard InChI is InChI=1S/C14H16N2O7S2/c1-14(2,3)16(17)8-11-9-6-4-5-7-10(9)12(24(18,19)20)15-13(11)25(21,22)23/h4-8H,1-3H3,(H,18,19,20)(H,21,22,23). The van der Waals surface area contributed by atoms with Crippen LogP contribution < -0.4 is 0 Å². The van der Waals surface area contributed by atoms with Crippen molar-refractivity contribution >= 4 is 37.2 Å². The van der Waals surface area contributed by atoms with Gasteiger partial charge < -0.3 is 5.21 Å². The maximum atomic E-state index is 12.2. The molecule has 0 bridgehead atoms. The molecule has 25 heavy (non-hydrogen) atoms. The van der Waals surface area contributed by atoms with Gasteiger partial charge in [-0.3, -0.25) is 9.11 Å².